The van der Waals surface area contributed by atoms with Gasteiger partial charge in [0, 0.05) is 24.5 Å². The van der Waals surface area contributed by atoms with E-state index in [1.54, 1.807) is 6.20 Å². The molecule has 0 aliphatic carbocycles. The van der Waals surface area contributed by atoms with Crippen LogP contribution in [0.15, 0.2) is 36.7 Å². The molecule has 0 saturated heterocycles. The molecule has 0 fully saturated rings. The zero-order valence-electron chi connectivity index (χ0n) is 9.14. The molecule has 0 radical (unpaired) electrons. The number of nitrogens with two attached hydrogens (primary N) is 1. The maximum absolute atomic E-state index is 7.51. The van der Waals surface area contributed by atoms with Gasteiger partial charge >= 0.3 is 0 Å². The summed E-state index contributed by atoms with van der Waals surface area (Å²) in [7, 11) is 0. The zero-order chi connectivity index (χ0) is 11.5. The van der Waals surface area contributed by atoms with Crippen molar-refractivity contribution in [2.75, 3.05) is 0 Å². The summed E-state index contributed by atoms with van der Waals surface area (Å²) in [6.45, 7) is 2.65. The fourth-order valence-corrected chi connectivity index (χ4v) is 1.68. The molecular weight excluding hydrogens is 200 g/mol. The van der Waals surface area contributed by atoms with Gasteiger partial charge in [0.05, 0.1) is 0 Å². The Balaban J connectivity index is 2.35. The number of aromatic nitrogens is 2. The average Bonchev–Trinajstić information content (AvgIpc) is 2.65. The average molecular weight is 214 g/mol. The molecule has 1 aromatic carbocycles. The number of amidine groups is 1. The first kappa shape index (κ1) is 10.4. The summed E-state index contributed by atoms with van der Waals surface area (Å²) < 4.78 is 2.03. The maximum Gasteiger partial charge on any atom is 0.123 e. The van der Waals surface area contributed by atoms with Crippen LogP contribution >= 0.6 is 0 Å². The quantitative estimate of drug-likeness (QED) is 0.601. The van der Waals surface area contributed by atoms with E-state index >= 15 is 0 Å². The number of nitrogens with zero attached hydrogens (tertiary/aromatic N) is 2. The Morgan fingerprint density at radius 3 is 2.81 bits per heavy atom. The molecule has 1 aromatic heterocycles. The van der Waals surface area contributed by atoms with Gasteiger partial charge in [-0.05, 0) is 12.5 Å². The van der Waals surface area contributed by atoms with Crippen molar-refractivity contribution in [3.8, 4) is 0 Å². The molecule has 0 unspecified atom stereocenters. The van der Waals surface area contributed by atoms with Crippen molar-refractivity contribution in [2.24, 2.45) is 5.73 Å². The summed E-state index contributed by atoms with van der Waals surface area (Å²) in [6.07, 6.45) is 3.69. The molecule has 82 valence electrons. The van der Waals surface area contributed by atoms with E-state index in [0.29, 0.717) is 6.54 Å². The third kappa shape index (κ3) is 1.95. The first-order valence-corrected chi connectivity index (χ1v) is 5.08. The topological polar surface area (TPSA) is 67.7 Å². The van der Waals surface area contributed by atoms with Gasteiger partial charge in [0.15, 0.2) is 0 Å². The Kier molecular flexibility index (Phi) is 2.72. The van der Waals surface area contributed by atoms with E-state index in [4.69, 9.17) is 11.1 Å². The highest BCUT2D eigenvalue weighted by Gasteiger charge is 2.05. The second-order valence-corrected chi connectivity index (χ2v) is 3.67. The van der Waals surface area contributed by atoms with Crippen molar-refractivity contribution in [2.45, 2.75) is 13.5 Å². The highest BCUT2D eigenvalue weighted by molar-refractivity contribution is 5.96. The number of hydrogen-bond donors (Lipinski definition) is 2. The summed E-state index contributed by atoms with van der Waals surface area (Å²) >= 11 is 0. The van der Waals surface area contributed by atoms with Crippen molar-refractivity contribution in [3.05, 3.63) is 53.6 Å². The van der Waals surface area contributed by atoms with Gasteiger partial charge in [0.1, 0.15) is 11.7 Å². The minimum absolute atomic E-state index is 0.105. The molecule has 0 saturated carbocycles. The molecule has 2 rings (SSSR count). The van der Waals surface area contributed by atoms with E-state index in [1.807, 2.05) is 42.0 Å². The van der Waals surface area contributed by atoms with E-state index in [0.717, 1.165) is 17.0 Å². The van der Waals surface area contributed by atoms with E-state index in [9.17, 15) is 0 Å². The molecule has 0 spiro atoms. The SMILES string of the molecule is Cc1nccn1Cc1ccccc1C(=N)N. The first-order valence-electron chi connectivity index (χ1n) is 5.08. The number of aryl methyl sites for hydroxylation is 1. The molecule has 0 amide bonds. The third-order valence-corrected chi connectivity index (χ3v) is 2.57. The van der Waals surface area contributed by atoms with Crippen molar-refractivity contribution < 1.29 is 0 Å². The molecule has 1 heterocycles. The van der Waals surface area contributed by atoms with Crippen LogP contribution in [0.2, 0.25) is 0 Å². The fourth-order valence-electron chi connectivity index (χ4n) is 1.68. The van der Waals surface area contributed by atoms with Gasteiger partial charge < -0.3 is 10.3 Å². The van der Waals surface area contributed by atoms with Crippen molar-refractivity contribution in [1.29, 1.82) is 5.41 Å². The van der Waals surface area contributed by atoms with E-state index in [2.05, 4.69) is 4.98 Å². The van der Waals surface area contributed by atoms with Crippen molar-refractivity contribution in [1.82, 2.24) is 9.55 Å². The number of benzene rings is 1. The summed E-state index contributed by atoms with van der Waals surface area (Å²) in [5.41, 5.74) is 7.37. The van der Waals surface area contributed by atoms with Crippen molar-refractivity contribution in [3.63, 3.8) is 0 Å². The lowest BCUT2D eigenvalue weighted by atomic mass is 10.1. The van der Waals surface area contributed by atoms with E-state index < -0.39 is 0 Å². The first-order chi connectivity index (χ1) is 7.68. The summed E-state index contributed by atoms with van der Waals surface area (Å²) in [5, 5.41) is 7.51. The number of rotatable bonds is 3. The van der Waals surface area contributed by atoms with Crippen LogP contribution in [0.25, 0.3) is 0 Å². The van der Waals surface area contributed by atoms with Gasteiger partial charge in [0.25, 0.3) is 0 Å². The molecule has 4 heteroatoms. The van der Waals surface area contributed by atoms with Crippen LogP contribution in [0.3, 0.4) is 0 Å². The van der Waals surface area contributed by atoms with Crippen LogP contribution in [-0.4, -0.2) is 15.4 Å². The molecule has 4 nitrogen and oxygen atoms in total. The predicted molar refractivity (Wildman–Crippen MR) is 63.5 cm³/mol. The highest BCUT2D eigenvalue weighted by Crippen LogP contribution is 2.10. The van der Waals surface area contributed by atoms with Gasteiger partial charge in [-0.3, -0.25) is 5.41 Å². The molecular formula is C12H14N4. The Hall–Kier alpha value is -2.10. The van der Waals surface area contributed by atoms with Crippen LogP contribution < -0.4 is 5.73 Å². The largest absolute Gasteiger partial charge is 0.384 e. The minimum Gasteiger partial charge on any atom is -0.384 e. The number of imidazole rings is 1. The lowest BCUT2D eigenvalue weighted by Crippen LogP contribution is -2.15. The fraction of sp³-hybridized carbons (Fsp3) is 0.167. The molecule has 0 aliphatic rings. The van der Waals surface area contributed by atoms with Gasteiger partial charge in [-0.2, -0.15) is 0 Å². The molecule has 16 heavy (non-hydrogen) atoms. The Labute approximate surface area is 94.2 Å². The normalized spacial score (nSPS) is 10.3. The van der Waals surface area contributed by atoms with Gasteiger partial charge in [-0.15, -0.1) is 0 Å². The Morgan fingerprint density at radius 1 is 1.44 bits per heavy atom. The van der Waals surface area contributed by atoms with Crippen LogP contribution in [-0.2, 0) is 6.54 Å². The molecule has 0 aliphatic heterocycles. The van der Waals surface area contributed by atoms with Gasteiger partial charge in [-0.1, -0.05) is 24.3 Å². The lowest BCUT2D eigenvalue weighted by Gasteiger charge is -2.09. The minimum atomic E-state index is 0.105. The summed E-state index contributed by atoms with van der Waals surface area (Å²) in [5.74, 6) is 1.06. The Morgan fingerprint density at radius 2 is 2.19 bits per heavy atom. The molecule has 3 N–H and O–H groups in total. The zero-order valence-corrected chi connectivity index (χ0v) is 9.14. The predicted octanol–water partition coefficient (Wildman–Crippen LogP) is 1.52. The van der Waals surface area contributed by atoms with Crippen LogP contribution in [0.5, 0.6) is 0 Å². The van der Waals surface area contributed by atoms with Gasteiger partial charge in [-0.25, -0.2) is 4.98 Å². The lowest BCUT2D eigenvalue weighted by molar-refractivity contribution is 0.760. The van der Waals surface area contributed by atoms with Gasteiger partial charge in [0.2, 0.25) is 0 Å². The van der Waals surface area contributed by atoms with Crippen LogP contribution in [0.4, 0.5) is 0 Å². The molecule has 0 bridgehead atoms. The Bertz CT molecular complexity index is 513. The smallest absolute Gasteiger partial charge is 0.123 e. The van der Waals surface area contributed by atoms with Crippen LogP contribution in [0, 0.1) is 12.3 Å². The van der Waals surface area contributed by atoms with Crippen LogP contribution in [0.1, 0.15) is 17.0 Å². The van der Waals surface area contributed by atoms with E-state index in [1.165, 1.54) is 0 Å². The number of nitrogens with one attached hydrogen (secondary N) is 1. The van der Waals surface area contributed by atoms with Crippen molar-refractivity contribution >= 4 is 5.84 Å². The molecule has 0 atom stereocenters. The third-order valence-electron chi connectivity index (χ3n) is 2.57. The highest BCUT2D eigenvalue weighted by atomic mass is 15.0. The summed E-state index contributed by atoms with van der Waals surface area (Å²) in [6, 6.07) is 7.69. The maximum atomic E-state index is 7.51. The molecule has 2 aromatic rings. The number of hydrogen-bond acceptors (Lipinski definition) is 2. The number of nitrogen functional groups attached to an aromatic ring is 1. The van der Waals surface area contributed by atoms with E-state index in [-0.39, 0.29) is 5.84 Å². The second-order valence-electron chi connectivity index (χ2n) is 3.67. The monoisotopic (exact) mass is 214 g/mol. The summed E-state index contributed by atoms with van der Waals surface area (Å²) in [4.78, 5) is 4.17. The second kappa shape index (κ2) is 4.18. The standard InChI is InChI=1S/C12H14N4/c1-9-15-6-7-16(9)8-10-4-2-3-5-11(10)12(13)14/h2-7H,8H2,1H3,(H3,13,14).